The van der Waals surface area contributed by atoms with Crippen molar-refractivity contribution in [3.05, 3.63) is 17.5 Å². The van der Waals surface area contributed by atoms with Gasteiger partial charge in [0.05, 0.1) is 5.69 Å². The van der Waals surface area contributed by atoms with Gasteiger partial charge in [-0.2, -0.15) is 5.10 Å². The standard InChI is InChI=1S/C9H16N2O/c1-9(2,3)8-6-7(4-5-12)10-11-8/h6,12H,4-5H2,1-3H3,(H,10,11)/p+1. The number of hydrogen-bond donors (Lipinski definition) is 2. The molecule has 0 aliphatic rings. The minimum absolute atomic E-state index is 0.143. The van der Waals surface area contributed by atoms with Crippen molar-refractivity contribution < 1.29 is 10.2 Å². The molecule has 1 aromatic rings. The van der Waals surface area contributed by atoms with Crippen LogP contribution in [0.2, 0.25) is 0 Å². The highest BCUT2D eigenvalue weighted by Crippen LogP contribution is 2.17. The summed E-state index contributed by atoms with van der Waals surface area (Å²) in [5.41, 5.74) is 2.37. The topological polar surface area (TPSA) is 50.2 Å². The molecule has 0 aromatic carbocycles. The van der Waals surface area contributed by atoms with Crippen LogP contribution in [0, 0.1) is 0 Å². The Labute approximate surface area is 72.8 Å². The Morgan fingerprint density at radius 2 is 2.17 bits per heavy atom. The van der Waals surface area contributed by atoms with Gasteiger partial charge in [0.2, 0.25) is 5.69 Å². The van der Waals surface area contributed by atoms with Crippen molar-refractivity contribution in [3.8, 4) is 0 Å². The Morgan fingerprint density at radius 3 is 2.58 bits per heavy atom. The lowest BCUT2D eigenvalue weighted by molar-refractivity contribution is -0.465. The van der Waals surface area contributed by atoms with E-state index < -0.39 is 0 Å². The number of hydrogen-bond acceptors (Lipinski definition) is 1. The number of rotatable bonds is 2. The molecule has 68 valence electrons. The van der Waals surface area contributed by atoms with E-state index >= 15 is 0 Å². The van der Waals surface area contributed by atoms with Crippen LogP contribution in [0.25, 0.3) is 0 Å². The Bertz CT molecular complexity index is 247. The maximum atomic E-state index is 8.70. The second-order valence-corrected chi connectivity index (χ2v) is 4.06. The number of aliphatic hydroxyl groups excluding tert-OH is 1. The van der Waals surface area contributed by atoms with E-state index in [0.29, 0.717) is 6.42 Å². The van der Waals surface area contributed by atoms with E-state index in [1.807, 2.05) is 0 Å². The summed E-state index contributed by atoms with van der Waals surface area (Å²) in [6.07, 6.45) is 0.687. The minimum Gasteiger partial charge on any atom is -0.396 e. The highest BCUT2D eigenvalue weighted by Gasteiger charge is 2.22. The number of aliphatic hydroxyl groups is 1. The van der Waals surface area contributed by atoms with Gasteiger partial charge in [-0.05, 0) is 0 Å². The SMILES string of the molecule is CC(C)(C)c1cc(CCO)[nH][nH+]1. The summed E-state index contributed by atoms with van der Waals surface area (Å²) in [6.45, 7) is 6.64. The van der Waals surface area contributed by atoms with Crippen molar-refractivity contribution >= 4 is 0 Å². The summed E-state index contributed by atoms with van der Waals surface area (Å²) >= 11 is 0. The van der Waals surface area contributed by atoms with E-state index in [2.05, 4.69) is 37.0 Å². The molecular weight excluding hydrogens is 152 g/mol. The van der Waals surface area contributed by atoms with Crippen LogP contribution in [0.15, 0.2) is 6.07 Å². The fourth-order valence-corrected chi connectivity index (χ4v) is 1.05. The smallest absolute Gasteiger partial charge is 0.210 e. The molecule has 0 aliphatic heterocycles. The van der Waals surface area contributed by atoms with Gasteiger partial charge in [-0.3, -0.25) is 0 Å². The molecule has 0 spiro atoms. The highest BCUT2D eigenvalue weighted by atomic mass is 16.3. The maximum Gasteiger partial charge on any atom is 0.210 e. The summed E-state index contributed by atoms with van der Waals surface area (Å²) in [4.78, 5) is 0. The first-order valence-electron chi connectivity index (χ1n) is 4.25. The molecule has 0 amide bonds. The molecular formula is C9H17N2O+. The van der Waals surface area contributed by atoms with E-state index in [1.54, 1.807) is 0 Å². The summed E-state index contributed by atoms with van der Waals surface area (Å²) in [6, 6.07) is 2.07. The Balaban J connectivity index is 2.77. The molecule has 3 nitrogen and oxygen atoms in total. The van der Waals surface area contributed by atoms with Crippen LogP contribution in [-0.4, -0.2) is 16.8 Å². The summed E-state index contributed by atoms with van der Waals surface area (Å²) < 4.78 is 0. The predicted octanol–water partition coefficient (Wildman–Crippen LogP) is 0.661. The third-order valence-corrected chi connectivity index (χ3v) is 1.87. The molecule has 0 unspecified atom stereocenters. The molecule has 0 saturated carbocycles. The van der Waals surface area contributed by atoms with Crippen LogP contribution in [0.4, 0.5) is 0 Å². The molecule has 12 heavy (non-hydrogen) atoms. The Morgan fingerprint density at radius 1 is 1.50 bits per heavy atom. The zero-order valence-corrected chi connectivity index (χ0v) is 7.94. The molecule has 1 aromatic heterocycles. The van der Waals surface area contributed by atoms with Gasteiger partial charge in [0.15, 0.2) is 0 Å². The molecule has 0 saturated heterocycles. The van der Waals surface area contributed by atoms with E-state index in [0.717, 1.165) is 5.69 Å². The number of aromatic nitrogens is 2. The van der Waals surface area contributed by atoms with Crippen molar-refractivity contribution in [1.82, 2.24) is 5.10 Å². The van der Waals surface area contributed by atoms with Gasteiger partial charge in [0, 0.05) is 24.5 Å². The first kappa shape index (κ1) is 9.26. The second kappa shape index (κ2) is 3.27. The summed E-state index contributed by atoms with van der Waals surface area (Å²) in [5, 5.41) is 14.8. The predicted molar refractivity (Wildman–Crippen MR) is 46.8 cm³/mol. The lowest BCUT2D eigenvalue weighted by Crippen LogP contribution is -2.22. The summed E-state index contributed by atoms with van der Waals surface area (Å²) in [7, 11) is 0. The Hall–Kier alpha value is -0.830. The number of nitrogens with one attached hydrogen (secondary N) is 2. The van der Waals surface area contributed by atoms with Crippen LogP contribution >= 0.6 is 0 Å². The zero-order chi connectivity index (χ0) is 9.19. The molecule has 0 aliphatic carbocycles. The van der Waals surface area contributed by atoms with Crippen LogP contribution in [0.5, 0.6) is 0 Å². The van der Waals surface area contributed by atoms with Gasteiger partial charge in [0.1, 0.15) is 0 Å². The highest BCUT2D eigenvalue weighted by molar-refractivity contribution is 5.11. The molecule has 0 atom stereocenters. The van der Waals surface area contributed by atoms with Crippen LogP contribution in [0.1, 0.15) is 32.2 Å². The normalized spacial score (nSPS) is 12.0. The quantitative estimate of drug-likeness (QED) is 0.671. The van der Waals surface area contributed by atoms with E-state index in [1.165, 1.54) is 5.69 Å². The number of aromatic amines is 2. The van der Waals surface area contributed by atoms with Gasteiger partial charge < -0.3 is 5.11 Å². The first-order valence-corrected chi connectivity index (χ1v) is 4.25. The van der Waals surface area contributed by atoms with Gasteiger partial charge in [0.25, 0.3) is 0 Å². The number of H-pyrrole nitrogens is 2. The van der Waals surface area contributed by atoms with Crippen LogP contribution in [0.3, 0.4) is 0 Å². The van der Waals surface area contributed by atoms with E-state index in [4.69, 9.17) is 5.11 Å². The third-order valence-electron chi connectivity index (χ3n) is 1.87. The monoisotopic (exact) mass is 169 g/mol. The molecule has 1 heterocycles. The van der Waals surface area contributed by atoms with Crippen LogP contribution in [-0.2, 0) is 11.8 Å². The zero-order valence-electron chi connectivity index (χ0n) is 7.94. The molecule has 0 radical (unpaired) electrons. The molecule has 0 bridgehead atoms. The van der Waals surface area contributed by atoms with Gasteiger partial charge in [-0.15, -0.1) is 5.10 Å². The van der Waals surface area contributed by atoms with E-state index in [9.17, 15) is 0 Å². The van der Waals surface area contributed by atoms with Crippen molar-refractivity contribution in [2.24, 2.45) is 0 Å². The van der Waals surface area contributed by atoms with Crippen molar-refractivity contribution in [2.75, 3.05) is 6.61 Å². The minimum atomic E-state index is 0.143. The van der Waals surface area contributed by atoms with Crippen molar-refractivity contribution in [3.63, 3.8) is 0 Å². The average Bonchev–Trinajstić information content (AvgIpc) is 2.35. The first-order chi connectivity index (χ1) is 5.54. The average molecular weight is 169 g/mol. The fraction of sp³-hybridized carbons (Fsp3) is 0.667. The van der Waals surface area contributed by atoms with Crippen molar-refractivity contribution in [1.29, 1.82) is 0 Å². The molecule has 3 heteroatoms. The van der Waals surface area contributed by atoms with Gasteiger partial charge in [-0.1, -0.05) is 20.8 Å². The Kier molecular flexibility index (Phi) is 2.52. The van der Waals surface area contributed by atoms with E-state index in [-0.39, 0.29) is 12.0 Å². The summed E-state index contributed by atoms with van der Waals surface area (Å²) in [5.74, 6) is 0. The van der Waals surface area contributed by atoms with Gasteiger partial charge in [-0.25, -0.2) is 0 Å². The molecule has 0 fully saturated rings. The largest absolute Gasteiger partial charge is 0.396 e. The van der Waals surface area contributed by atoms with Crippen LogP contribution < -0.4 is 5.10 Å². The maximum absolute atomic E-state index is 8.70. The van der Waals surface area contributed by atoms with Gasteiger partial charge >= 0.3 is 0 Å². The molecule has 1 rings (SSSR count). The second-order valence-electron chi connectivity index (χ2n) is 4.06. The third kappa shape index (κ3) is 2.08. The lowest BCUT2D eigenvalue weighted by Gasteiger charge is -2.08. The molecule has 3 N–H and O–H groups in total. The lowest BCUT2D eigenvalue weighted by atomic mass is 9.92. The van der Waals surface area contributed by atoms with Crippen molar-refractivity contribution in [2.45, 2.75) is 32.6 Å². The fourth-order valence-electron chi connectivity index (χ4n) is 1.05.